The van der Waals surface area contributed by atoms with Gasteiger partial charge in [0.25, 0.3) is 0 Å². The van der Waals surface area contributed by atoms with Gasteiger partial charge in [-0.05, 0) is 29.4 Å². The van der Waals surface area contributed by atoms with Gasteiger partial charge in [-0.15, -0.1) is 0 Å². The first kappa shape index (κ1) is 14.5. The molecule has 2 rings (SSSR count). The van der Waals surface area contributed by atoms with Crippen LogP contribution < -0.4 is 5.32 Å². The average Bonchev–Trinajstić information content (AvgIpc) is 2.88. The van der Waals surface area contributed by atoms with Crippen molar-refractivity contribution in [1.29, 1.82) is 0 Å². The number of hydrogen-bond donors (Lipinski definition) is 2. The van der Waals surface area contributed by atoms with Crippen LogP contribution in [-0.2, 0) is 5.41 Å². The van der Waals surface area contributed by atoms with Gasteiger partial charge in [0.2, 0.25) is 0 Å². The number of rotatable bonds is 4. The van der Waals surface area contributed by atoms with Gasteiger partial charge >= 0.3 is 0 Å². The van der Waals surface area contributed by atoms with Gasteiger partial charge in [0, 0.05) is 6.04 Å². The van der Waals surface area contributed by atoms with Crippen LogP contribution in [0.5, 0.6) is 0 Å². The Balaban J connectivity index is 2.05. The molecular formula is C17H27NO. The largest absolute Gasteiger partial charge is 0.394 e. The Morgan fingerprint density at radius 3 is 2.21 bits per heavy atom. The molecule has 1 atom stereocenters. The van der Waals surface area contributed by atoms with E-state index in [4.69, 9.17) is 0 Å². The van der Waals surface area contributed by atoms with Crippen LogP contribution in [0.2, 0.25) is 0 Å². The molecule has 2 N–H and O–H groups in total. The van der Waals surface area contributed by atoms with Gasteiger partial charge < -0.3 is 10.4 Å². The van der Waals surface area contributed by atoms with Gasteiger partial charge in [0.15, 0.2) is 0 Å². The Kier molecular flexibility index (Phi) is 4.64. The Morgan fingerprint density at radius 2 is 1.74 bits per heavy atom. The second-order valence-corrected chi connectivity index (χ2v) is 6.76. The number of aliphatic hydroxyl groups is 1. The van der Waals surface area contributed by atoms with Crippen molar-refractivity contribution in [2.24, 2.45) is 0 Å². The Labute approximate surface area is 117 Å². The molecule has 2 nitrogen and oxygen atoms in total. The molecule has 0 aliphatic heterocycles. The molecule has 1 aliphatic rings. The van der Waals surface area contributed by atoms with E-state index in [1.54, 1.807) is 0 Å². The van der Waals surface area contributed by atoms with Crippen LogP contribution in [0.4, 0.5) is 0 Å². The fourth-order valence-corrected chi connectivity index (χ4v) is 2.85. The lowest BCUT2D eigenvalue weighted by Gasteiger charge is -2.23. The van der Waals surface area contributed by atoms with E-state index >= 15 is 0 Å². The molecular weight excluding hydrogens is 234 g/mol. The molecule has 1 saturated carbocycles. The van der Waals surface area contributed by atoms with Crippen molar-refractivity contribution in [2.75, 3.05) is 6.61 Å². The third kappa shape index (κ3) is 3.80. The molecule has 0 saturated heterocycles. The third-order valence-electron chi connectivity index (χ3n) is 4.15. The lowest BCUT2D eigenvalue weighted by Crippen LogP contribution is -2.32. The highest BCUT2D eigenvalue weighted by molar-refractivity contribution is 5.29. The summed E-state index contributed by atoms with van der Waals surface area (Å²) in [6.07, 6.45) is 5.13. The van der Waals surface area contributed by atoms with Crippen molar-refractivity contribution in [3.63, 3.8) is 0 Å². The normalized spacial score (nSPS) is 18.7. The smallest absolute Gasteiger partial charge is 0.0626 e. The van der Waals surface area contributed by atoms with E-state index in [1.165, 1.54) is 36.8 Å². The van der Waals surface area contributed by atoms with Crippen LogP contribution in [0.15, 0.2) is 24.3 Å². The molecule has 0 amide bonds. The maximum atomic E-state index is 9.61. The summed E-state index contributed by atoms with van der Waals surface area (Å²) in [5.41, 5.74) is 2.72. The lowest BCUT2D eigenvalue weighted by molar-refractivity contribution is 0.233. The molecule has 1 unspecified atom stereocenters. The third-order valence-corrected chi connectivity index (χ3v) is 4.15. The van der Waals surface area contributed by atoms with Crippen LogP contribution in [0, 0.1) is 0 Å². The highest BCUT2D eigenvalue weighted by Crippen LogP contribution is 2.25. The van der Waals surface area contributed by atoms with Gasteiger partial charge in [-0.3, -0.25) is 0 Å². The second kappa shape index (κ2) is 6.06. The Morgan fingerprint density at radius 1 is 1.16 bits per heavy atom. The van der Waals surface area contributed by atoms with Crippen molar-refractivity contribution in [3.8, 4) is 0 Å². The van der Waals surface area contributed by atoms with Gasteiger partial charge in [0.05, 0.1) is 12.6 Å². The molecule has 19 heavy (non-hydrogen) atoms. The summed E-state index contributed by atoms with van der Waals surface area (Å²) >= 11 is 0. The van der Waals surface area contributed by atoms with Crippen LogP contribution >= 0.6 is 0 Å². The zero-order valence-electron chi connectivity index (χ0n) is 12.4. The predicted octanol–water partition coefficient (Wildman–Crippen LogP) is 3.55. The first-order valence-electron chi connectivity index (χ1n) is 7.48. The molecule has 0 spiro atoms. The van der Waals surface area contributed by atoms with Crippen molar-refractivity contribution < 1.29 is 5.11 Å². The maximum Gasteiger partial charge on any atom is 0.0626 e. The number of benzene rings is 1. The summed E-state index contributed by atoms with van der Waals surface area (Å²) in [7, 11) is 0. The monoisotopic (exact) mass is 261 g/mol. The minimum absolute atomic E-state index is 0.0807. The van der Waals surface area contributed by atoms with Crippen molar-refractivity contribution in [3.05, 3.63) is 35.4 Å². The Hall–Kier alpha value is -0.860. The van der Waals surface area contributed by atoms with Crippen LogP contribution in [0.25, 0.3) is 0 Å². The summed E-state index contributed by atoms with van der Waals surface area (Å²) in [4.78, 5) is 0. The first-order chi connectivity index (χ1) is 9.00. The molecule has 0 heterocycles. The highest BCUT2D eigenvalue weighted by Gasteiger charge is 2.20. The summed E-state index contributed by atoms with van der Waals surface area (Å²) in [6, 6.07) is 9.35. The fourth-order valence-electron chi connectivity index (χ4n) is 2.85. The predicted molar refractivity (Wildman–Crippen MR) is 80.4 cm³/mol. The minimum Gasteiger partial charge on any atom is -0.394 e. The molecule has 106 valence electrons. The zero-order chi connectivity index (χ0) is 13.9. The standard InChI is InChI=1S/C17H27NO/c1-17(2,3)14-10-8-13(9-11-14)16(12-19)18-15-6-4-5-7-15/h8-11,15-16,18-19H,4-7,12H2,1-3H3. The lowest BCUT2D eigenvalue weighted by atomic mass is 9.86. The van der Waals surface area contributed by atoms with Gasteiger partial charge in [-0.1, -0.05) is 57.9 Å². The van der Waals surface area contributed by atoms with Crippen molar-refractivity contribution in [2.45, 2.75) is 64.0 Å². The van der Waals surface area contributed by atoms with E-state index < -0.39 is 0 Å². The van der Waals surface area contributed by atoms with E-state index in [9.17, 15) is 5.11 Å². The van der Waals surface area contributed by atoms with Crippen LogP contribution in [-0.4, -0.2) is 17.8 Å². The van der Waals surface area contributed by atoms with Crippen LogP contribution in [0.3, 0.4) is 0 Å². The fraction of sp³-hybridized carbons (Fsp3) is 0.647. The van der Waals surface area contributed by atoms with E-state index in [1.807, 2.05) is 0 Å². The van der Waals surface area contributed by atoms with Crippen molar-refractivity contribution >= 4 is 0 Å². The van der Waals surface area contributed by atoms with Gasteiger partial charge in [-0.2, -0.15) is 0 Å². The van der Waals surface area contributed by atoms with Gasteiger partial charge in [0.1, 0.15) is 0 Å². The average molecular weight is 261 g/mol. The Bertz CT molecular complexity index is 385. The van der Waals surface area contributed by atoms with E-state index in [2.05, 4.69) is 50.4 Å². The summed E-state index contributed by atoms with van der Waals surface area (Å²) in [5, 5.41) is 13.2. The van der Waals surface area contributed by atoms with Gasteiger partial charge in [-0.25, -0.2) is 0 Å². The zero-order valence-corrected chi connectivity index (χ0v) is 12.4. The van der Waals surface area contributed by atoms with E-state index in [0.29, 0.717) is 6.04 Å². The number of nitrogens with one attached hydrogen (secondary N) is 1. The SMILES string of the molecule is CC(C)(C)c1ccc(C(CO)NC2CCCC2)cc1. The quantitative estimate of drug-likeness (QED) is 0.868. The second-order valence-electron chi connectivity index (χ2n) is 6.76. The number of hydrogen-bond acceptors (Lipinski definition) is 2. The summed E-state index contributed by atoms with van der Waals surface area (Å²) in [5.74, 6) is 0. The molecule has 0 radical (unpaired) electrons. The molecule has 2 heteroatoms. The molecule has 1 fully saturated rings. The topological polar surface area (TPSA) is 32.3 Å². The summed E-state index contributed by atoms with van der Waals surface area (Å²) < 4.78 is 0. The highest BCUT2D eigenvalue weighted by atomic mass is 16.3. The first-order valence-corrected chi connectivity index (χ1v) is 7.48. The molecule has 1 aromatic carbocycles. The van der Waals surface area contributed by atoms with Crippen LogP contribution in [0.1, 0.15) is 63.6 Å². The number of aliphatic hydroxyl groups excluding tert-OH is 1. The summed E-state index contributed by atoms with van der Waals surface area (Å²) in [6.45, 7) is 6.85. The van der Waals surface area contributed by atoms with E-state index in [0.717, 1.165) is 0 Å². The molecule has 1 aliphatic carbocycles. The van der Waals surface area contributed by atoms with E-state index in [-0.39, 0.29) is 18.1 Å². The van der Waals surface area contributed by atoms with Crippen molar-refractivity contribution in [1.82, 2.24) is 5.32 Å². The molecule has 1 aromatic rings. The maximum absolute atomic E-state index is 9.61. The molecule has 0 bridgehead atoms. The molecule has 0 aromatic heterocycles. The minimum atomic E-state index is 0.0807.